The summed E-state index contributed by atoms with van der Waals surface area (Å²) in [4.78, 5) is 24.1. The van der Waals surface area contributed by atoms with Crippen LogP contribution in [0, 0.1) is 0 Å². The number of aliphatic hydroxyl groups is 2. The first-order valence-corrected chi connectivity index (χ1v) is 9.56. The van der Waals surface area contributed by atoms with Gasteiger partial charge in [0.1, 0.15) is 17.4 Å². The SMILES string of the molecule is CCC(C)(O)C=C(C)C=CC1=CC2=CC3=C(C(C)=O)C(=O)OC3(C)C(O)C2=CO1. The summed E-state index contributed by atoms with van der Waals surface area (Å²) >= 11 is 0. The highest BCUT2D eigenvalue weighted by molar-refractivity contribution is 6.19. The van der Waals surface area contributed by atoms with Crippen LogP contribution < -0.4 is 0 Å². The van der Waals surface area contributed by atoms with Crippen LogP contribution in [0.2, 0.25) is 0 Å². The predicted molar refractivity (Wildman–Crippen MR) is 107 cm³/mol. The quantitative estimate of drug-likeness (QED) is 0.420. The van der Waals surface area contributed by atoms with Crippen molar-refractivity contribution in [3.8, 4) is 0 Å². The lowest BCUT2D eigenvalue weighted by Gasteiger charge is -2.37. The zero-order valence-electron chi connectivity index (χ0n) is 17.3. The number of carbonyl (C=O) groups is 2. The molecule has 0 aromatic carbocycles. The molecule has 0 spiro atoms. The minimum Gasteiger partial charge on any atom is -0.465 e. The van der Waals surface area contributed by atoms with Crippen LogP contribution in [0.1, 0.15) is 41.0 Å². The summed E-state index contributed by atoms with van der Waals surface area (Å²) in [5, 5.41) is 21.0. The summed E-state index contributed by atoms with van der Waals surface area (Å²) in [6, 6.07) is 0. The molecule has 1 aliphatic carbocycles. The van der Waals surface area contributed by atoms with E-state index in [9.17, 15) is 19.8 Å². The minimum atomic E-state index is -1.32. The molecule has 2 N–H and O–H groups in total. The number of hydrogen-bond donors (Lipinski definition) is 2. The number of rotatable bonds is 5. The lowest BCUT2D eigenvalue weighted by atomic mass is 9.76. The van der Waals surface area contributed by atoms with Gasteiger partial charge in [0.25, 0.3) is 0 Å². The van der Waals surface area contributed by atoms with Crippen molar-refractivity contribution in [1.82, 2.24) is 0 Å². The number of hydrogen-bond acceptors (Lipinski definition) is 6. The van der Waals surface area contributed by atoms with E-state index < -0.39 is 29.1 Å². The monoisotopic (exact) mass is 398 g/mol. The number of carbonyl (C=O) groups excluding carboxylic acids is 2. The Labute approximate surface area is 170 Å². The molecule has 3 rings (SSSR count). The maximum Gasteiger partial charge on any atom is 0.343 e. The van der Waals surface area contributed by atoms with Gasteiger partial charge in [0.2, 0.25) is 0 Å². The molecule has 0 aromatic heterocycles. The lowest BCUT2D eigenvalue weighted by molar-refractivity contribution is -0.152. The van der Waals surface area contributed by atoms with Crippen molar-refractivity contribution in [2.24, 2.45) is 0 Å². The van der Waals surface area contributed by atoms with Gasteiger partial charge in [-0.1, -0.05) is 24.6 Å². The minimum absolute atomic E-state index is 0.0318. The van der Waals surface area contributed by atoms with Crippen LogP contribution in [0.3, 0.4) is 0 Å². The molecule has 0 saturated carbocycles. The molecule has 0 radical (unpaired) electrons. The summed E-state index contributed by atoms with van der Waals surface area (Å²) < 4.78 is 11.0. The first kappa shape index (κ1) is 21.0. The Morgan fingerprint density at radius 3 is 2.66 bits per heavy atom. The van der Waals surface area contributed by atoms with Crippen molar-refractivity contribution < 1.29 is 29.3 Å². The van der Waals surface area contributed by atoms with Crippen LogP contribution in [-0.2, 0) is 19.1 Å². The number of ether oxygens (including phenoxy) is 2. The number of aliphatic hydroxyl groups excluding tert-OH is 1. The Bertz CT molecular complexity index is 954. The number of ketones is 1. The Morgan fingerprint density at radius 2 is 2.03 bits per heavy atom. The van der Waals surface area contributed by atoms with Gasteiger partial charge in [-0.05, 0) is 57.9 Å². The van der Waals surface area contributed by atoms with Crippen molar-refractivity contribution in [3.63, 3.8) is 0 Å². The van der Waals surface area contributed by atoms with Crippen molar-refractivity contribution in [3.05, 3.63) is 70.3 Å². The van der Waals surface area contributed by atoms with E-state index in [4.69, 9.17) is 9.47 Å². The summed E-state index contributed by atoms with van der Waals surface area (Å²) in [5.41, 5.74) is 0.152. The van der Waals surface area contributed by atoms with Gasteiger partial charge in [0.05, 0.1) is 11.9 Å². The lowest BCUT2D eigenvalue weighted by Crippen LogP contribution is -2.45. The van der Waals surface area contributed by atoms with Gasteiger partial charge >= 0.3 is 5.97 Å². The van der Waals surface area contributed by atoms with E-state index in [2.05, 4.69) is 0 Å². The number of allylic oxidation sites excluding steroid dienone is 4. The molecule has 29 heavy (non-hydrogen) atoms. The molecule has 0 aromatic rings. The predicted octanol–water partition coefficient (Wildman–Crippen LogP) is 2.95. The molecule has 0 amide bonds. The van der Waals surface area contributed by atoms with Gasteiger partial charge < -0.3 is 19.7 Å². The van der Waals surface area contributed by atoms with Crippen molar-refractivity contribution in [2.45, 2.75) is 58.3 Å². The van der Waals surface area contributed by atoms with E-state index >= 15 is 0 Å². The molecule has 3 atom stereocenters. The zero-order chi connectivity index (χ0) is 21.6. The second-order valence-electron chi connectivity index (χ2n) is 8.01. The highest BCUT2D eigenvalue weighted by atomic mass is 16.6. The Balaban J connectivity index is 1.97. The normalized spacial score (nSPS) is 28.7. The average molecular weight is 398 g/mol. The molecule has 154 valence electrons. The van der Waals surface area contributed by atoms with E-state index in [1.807, 2.05) is 19.9 Å². The molecule has 6 heteroatoms. The second-order valence-corrected chi connectivity index (χ2v) is 8.01. The number of Topliss-reactive ketones (excluding diaryl/α,β-unsaturated/α-hetero) is 1. The molecular formula is C23H26O6. The third kappa shape index (κ3) is 3.78. The second kappa shape index (κ2) is 7.28. The Hall–Kier alpha value is -2.70. The largest absolute Gasteiger partial charge is 0.465 e. The Morgan fingerprint density at radius 1 is 1.34 bits per heavy atom. The number of fused-ring (bicyclic) bond motifs is 2. The van der Waals surface area contributed by atoms with E-state index in [1.54, 1.807) is 38.2 Å². The first-order valence-electron chi connectivity index (χ1n) is 9.56. The van der Waals surface area contributed by atoms with Gasteiger partial charge in [-0.15, -0.1) is 0 Å². The standard InChI is InChI=1S/C23H26O6/c1-6-22(4,27)11-13(2)7-8-16-9-15-10-18-19(14(3)24)21(26)29-23(18,5)20(25)17(15)12-28-16/h7-12,20,25,27H,6H2,1-5H3. The smallest absolute Gasteiger partial charge is 0.343 e. The zero-order valence-corrected chi connectivity index (χ0v) is 17.3. The van der Waals surface area contributed by atoms with E-state index in [-0.39, 0.29) is 5.57 Å². The van der Waals surface area contributed by atoms with Crippen LogP contribution in [0.25, 0.3) is 0 Å². The molecule has 2 heterocycles. The van der Waals surface area contributed by atoms with Gasteiger partial charge in [0, 0.05) is 11.1 Å². The molecule has 2 aliphatic heterocycles. The molecule has 0 saturated heterocycles. The summed E-state index contributed by atoms with van der Waals surface area (Å²) in [5.74, 6) is -0.598. The summed E-state index contributed by atoms with van der Waals surface area (Å²) in [7, 11) is 0. The third-order valence-corrected chi connectivity index (χ3v) is 5.50. The molecular weight excluding hydrogens is 372 g/mol. The Kier molecular flexibility index (Phi) is 5.28. The van der Waals surface area contributed by atoms with E-state index in [1.165, 1.54) is 13.2 Å². The average Bonchev–Trinajstić information content (AvgIpc) is 2.90. The van der Waals surface area contributed by atoms with Gasteiger partial charge in [0.15, 0.2) is 11.4 Å². The maximum absolute atomic E-state index is 12.2. The highest BCUT2D eigenvalue weighted by Gasteiger charge is 2.53. The fourth-order valence-corrected chi connectivity index (χ4v) is 3.62. The van der Waals surface area contributed by atoms with Crippen molar-refractivity contribution >= 4 is 11.8 Å². The van der Waals surface area contributed by atoms with Crippen LogP contribution in [0.4, 0.5) is 0 Å². The van der Waals surface area contributed by atoms with Gasteiger partial charge in [-0.25, -0.2) is 4.79 Å². The van der Waals surface area contributed by atoms with E-state index in [0.29, 0.717) is 28.9 Å². The van der Waals surface area contributed by atoms with Gasteiger partial charge in [-0.3, -0.25) is 4.79 Å². The third-order valence-electron chi connectivity index (χ3n) is 5.50. The van der Waals surface area contributed by atoms with Crippen LogP contribution in [0.15, 0.2) is 70.3 Å². The maximum atomic E-state index is 12.2. The molecule has 0 fully saturated rings. The van der Waals surface area contributed by atoms with Crippen LogP contribution in [-0.4, -0.2) is 39.3 Å². The van der Waals surface area contributed by atoms with Gasteiger partial charge in [-0.2, -0.15) is 0 Å². The number of esters is 1. The molecule has 0 bridgehead atoms. The molecule has 6 nitrogen and oxygen atoms in total. The fraction of sp³-hybridized carbons (Fsp3) is 0.391. The van der Waals surface area contributed by atoms with Crippen molar-refractivity contribution in [2.75, 3.05) is 0 Å². The highest BCUT2D eigenvalue weighted by Crippen LogP contribution is 2.46. The first-order chi connectivity index (χ1) is 13.5. The molecule has 3 aliphatic rings. The van der Waals surface area contributed by atoms with Crippen molar-refractivity contribution in [1.29, 1.82) is 0 Å². The molecule has 3 unspecified atom stereocenters. The summed E-state index contributed by atoms with van der Waals surface area (Å²) in [6.45, 7) is 8.42. The fourth-order valence-electron chi connectivity index (χ4n) is 3.62. The summed E-state index contributed by atoms with van der Waals surface area (Å²) in [6.07, 6.45) is 9.65. The topological polar surface area (TPSA) is 93.1 Å². The van der Waals surface area contributed by atoms with Crippen LogP contribution in [0.5, 0.6) is 0 Å². The van der Waals surface area contributed by atoms with E-state index in [0.717, 1.165) is 5.57 Å². The van der Waals surface area contributed by atoms with Crippen LogP contribution >= 0.6 is 0 Å².